The van der Waals surface area contributed by atoms with Gasteiger partial charge >= 0.3 is 6.03 Å². The second-order valence-corrected chi connectivity index (χ2v) is 1.16. The Balaban J connectivity index is 3.52. The Morgan fingerprint density at radius 3 is 1.88 bits per heavy atom. The average molecular weight is 120 g/mol. The van der Waals surface area contributed by atoms with E-state index in [1.807, 2.05) is 0 Å². The average Bonchev–Trinajstić information content (AvgIpc) is 1.69. The van der Waals surface area contributed by atoms with Crippen LogP contribution >= 0.6 is 0 Å². The second-order valence-electron chi connectivity index (χ2n) is 1.16. The molecule has 5 nitrogen and oxygen atoms in total. The van der Waals surface area contributed by atoms with Crippen LogP contribution in [0.1, 0.15) is 0 Å². The van der Waals surface area contributed by atoms with E-state index < -0.39 is 19.5 Å². The van der Waals surface area contributed by atoms with Crippen LogP contribution in [0.4, 0.5) is 4.79 Å². The first-order valence-corrected chi connectivity index (χ1v) is 1.98. The number of amides is 2. The van der Waals surface area contributed by atoms with Crippen LogP contribution in [0.15, 0.2) is 0 Å². The van der Waals surface area contributed by atoms with Crippen LogP contribution in [0.5, 0.6) is 0 Å². The van der Waals surface area contributed by atoms with E-state index in [-0.39, 0.29) is 0 Å². The minimum Gasteiger partial charge on any atom is -0.376 e. The monoisotopic (exact) mass is 120 g/mol. The van der Waals surface area contributed by atoms with Gasteiger partial charge in [-0.25, -0.2) is 4.79 Å². The zero-order valence-corrected chi connectivity index (χ0v) is 4.24. The molecule has 0 aromatic carbocycles. The molecule has 0 aromatic rings. The van der Waals surface area contributed by atoms with Gasteiger partial charge in [-0.05, 0) is 0 Å². The molecule has 0 rings (SSSR count). The van der Waals surface area contributed by atoms with Crippen LogP contribution in [0.2, 0.25) is 0 Å². The normalized spacial score (nSPS) is 8.75. The van der Waals surface area contributed by atoms with Gasteiger partial charge in [-0.2, -0.15) is 0 Å². The highest BCUT2D eigenvalue weighted by Crippen LogP contribution is 1.78. The van der Waals surface area contributed by atoms with Gasteiger partial charge in [-0.15, -0.1) is 0 Å². The van der Waals surface area contributed by atoms with E-state index >= 15 is 0 Å². The third-order valence-electron chi connectivity index (χ3n) is 0.653. The largest absolute Gasteiger partial charge is 0.376 e. The van der Waals surface area contributed by atoms with Gasteiger partial charge in [0.25, 0.3) is 0 Å². The topological polar surface area (TPSA) is 86.8 Å². The van der Waals surface area contributed by atoms with Crippen LogP contribution in [0, 0.1) is 0 Å². The number of aliphatic hydroxyl groups is 2. The lowest BCUT2D eigenvalue weighted by atomic mass is 10.8. The molecule has 0 atom stereocenters. The molecular formula is C3H8N2O3. The molecule has 0 aromatic heterocycles. The SMILES string of the molecule is NC(=O)N(CO)CO. The molecular weight excluding hydrogens is 112 g/mol. The molecule has 0 heterocycles. The van der Waals surface area contributed by atoms with Crippen molar-refractivity contribution in [1.82, 2.24) is 4.90 Å². The smallest absolute Gasteiger partial charge is 0.318 e. The molecule has 0 aliphatic carbocycles. The van der Waals surface area contributed by atoms with E-state index in [2.05, 4.69) is 5.73 Å². The van der Waals surface area contributed by atoms with Crippen molar-refractivity contribution < 1.29 is 15.0 Å². The standard InChI is InChI=1S/C3H8N2O3/c4-3(8)5(1-6)2-7/h6-7H,1-2H2,(H2,4,8). The Morgan fingerprint density at radius 2 is 1.88 bits per heavy atom. The highest BCUT2D eigenvalue weighted by molar-refractivity contribution is 5.71. The molecule has 0 aliphatic rings. The molecule has 5 heteroatoms. The number of primary amides is 1. The first kappa shape index (κ1) is 7.19. The summed E-state index contributed by atoms with van der Waals surface area (Å²) in [6.07, 6.45) is 0. The lowest BCUT2D eigenvalue weighted by Gasteiger charge is -2.11. The van der Waals surface area contributed by atoms with E-state index in [4.69, 9.17) is 10.2 Å². The van der Waals surface area contributed by atoms with Gasteiger partial charge in [0.2, 0.25) is 0 Å². The van der Waals surface area contributed by atoms with Crippen molar-refractivity contribution in [3.8, 4) is 0 Å². The minimum absolute atomic E-state index is 0.550. The summed E-state index contributed by atoms with van der Waals surface area (Å²) in [5.41, 5.74) is 4.62. The van der Waals surface area contributed by atoms with Crippen molar-refractivity contribution in [2.45, 2.75) is 0 Å². The summed E-state index contributed by atoms with van der Waals surface area (Å²) in [7, 11) is 0. The first-order valence-electron chi connectivity index (χ1n) is 1.98. The zero-order chi connectivity index (χ0) is 6.57. The Labute approximate surface area is 46.3 Å². The van der Waals surface area contributed by atoms with Gasteiger partial charge in [-0.3, -0.25) is 4.90 Å². The molecule has 0 spiro atoms. The number of hydrogen-bond donors (Lipinski definition) is 3. The molecule has 48 valence electrons. The van der Waals surface area contributed by atoms with Crippen LogP contribution in [-0.2, 0) is 0 Å². The molecule has 0 radical (unpaired) electrons. The van der Waals surface area contributed by atoms with Crippen molar-refractivity contribution >= 4 is 6.03 Å². The van der Waals surface area contributed by atoms with Crippen LogP contribution in [0.3, 0.4) is 0 Å². The van der Waals surface area contributed by atoms with E-state index in [9.17, 15) is 4.79 Å². The summed E-state index contributed by atoms with van der Waals surface area (Å²) in [5.74, 6) is 0. The molecule has 2 amide bonds. The molecule has 8 heavy (non-hydrogen) atoms. The van der Waals surface area contributed by atoms with Gasteiger partial charge in [0.15, 0.2) is 0 Å². The third kappa shape index (κ3) is 1.76. The number of aliphatic hydroxyl groups excluding tert-OH is 2. The minimum atomic E-state index is -0.838. The fourth-order valence-corrected chi connectivity index (χ4v) is 0.184. The summed E-state index contributed by atoms with van der Waals surface area (Å²) in [5, 5.41) is 16.3. The lowest BCUT2D eigenvalue weighted by molar-refractivity contribution is 0.0608. The maximum absolute atomic E-state index is 9.99. The van der Waals surface area contributed by atoms with Crippen molar-refractivity contribution in [3.63, 3.8) is 0 Å². The Morgan fingerprint density at radius 1 is 1.50 bits per heavy atom. The summed E-state index contributed by atoms with van der Waals surface area (Å²) < 4.78 is 0. The van der Waals surface area contributed by atoms with Gasteiger partial charge in [0, 0.05) is 0 Å². The van der Waals surface area contributed by atoms with Crippen LogP contribution in [-0.4, -0.2) is 34.6 Å². The number of carbonyl (C=O) groups excluding carboxylic acids is 1. The predicted molar refractivity (Wildman–Crippen MR) is 25.6 cm³/mol. The first-order chi connectivity index (χ1) is 3.72. The van der Waals surface area contributed by atoms with E-state index in [1.54, 1.807) is 0 Å². The number of rotatable bonds is 2. The number of urea groups is 1. The Bertz CT molecular complexity index is 80.6. The molecule has 0 saturated carbocycles. The fourth-order valence-electron chi connectivity index (χ4n) is 0.184. The quantitative estimate of drug-likeness (QED) is 0.378. The molecule has 0 fully saturated rings. The van der Waals surface area contributed by atoms with E-state index in [1.165, 1.54) is 0 Å². The van der Waals surface area contributed by atoms with Crippen LogP contribution in [0.25, 0.3) is 0 Å². The Kier molecular flexibility index (Phi) is 2.90. The van der Waals surface area contributed by atoms with E-state index in [0.29, 0.717) is 4.90 Å². The van der Waals surface area contributed by atoms with Crippen molar-refractivity contribution in [3.05, 3.63) is 0 Å². The van der Waals surface area contributed by atoms with Crippen LogP contribution < -0.4 is 5.73 Å². The van der Waals surface area contributed by atoms with E-state index in [0.717, 1.165) is 0 Å². The summed E-state index contributed by atoms with van der Waals surface area (Å²) in [6.45, 7) is -1.10. The van der Waals surface area contributed by atoms with Gasteiger partial charge in [-0.1, -0.05) is 0 Å². The highest BCUT2D eigenvalue weighted by Gasteiger charge is 2.02. The number of nitrogens with two attached hydrogens (primary N) is 1. The summed E-state index contributed by atoms with van der Waals surface area (Å²) in [4.78, 5) is 10.7. The molecule has 0 saturated heterocycles. The fraction of sp³-hybridized carbons (Fsp3) is 0.667. The summed E-state index contributed by atoms with van der Waals surface area (Å²) in [6, 6.07) is -0.838. The Hall–Kier alpha value is -0.810. The summed E-state index contributed by atoms with van der Waals surface area (Å²) >= 11 is 0. The van der Waals surface area contributed by atoms with Crippen molar-refractivity contribution in [2.24, 2.45) is 5.73 Å². The molecule has 0 bridgehead atoms. The lowest BCUT2D eigenvalue weighted by Crippen LogP contribution is -2.36. The number of carbonyl (C=O) groups is 1. The molecule has 0 unspecified atom stereocenters. The number of nitrogens with zero attached hydrogens (tertiary/aromatic N) is 1. The maximum Gasteiger partial charge on any atom is 0.318 e. The molecule has 4 N–H and O–H groups in total. The highest BCUT2D eigenvalue weighted by atomic mass is 16.3. The van der Waals surface area contributed by atoms with Gasteiger partial charge < -0.3 is 15.9 Å². The zero-order valence-electron chi connectivity index (χ0n) is 4.24. The predicted octanol–water partition coefficient (Wildman–Crippen LogP) is -1.73. The van der Waals surface area contributed by atoms with Crippen molar-refractivity contribution in [2.75, 3.05) is 13.5 Å². The van der Waals surface area contributed by atoms with Gasteiger partial charge in [0.1, 0.15) is 13.5 Å². The third-order valence-corrected chi connectivity index (χ3v) is 0.653. The maximum atomic E-state index is 9.99. The molecule has 0 aliphatic heterocycles. The van der Waals surface area contributed by atoms with Gasteiger partial charge in [0.05, 0.1) is 0 Å². The number of hydrogen-bond acceptors (Lipinski definition) is 3. The van der Waals surface area contributed by atoms with Crippen molar-refractivity contribution in [1.29, 1.82) is 0 Å². The second kappa shape index (κ2) is 3.23.